The van der Waals surface area contributed by atoms with Gasteiger partial charge in [0.15, 0.2) is 0 Å². The summed E-state index contributed by atoms with van der Waals surface area (Å²) in [6, 6.07) is 13.7. The van der Waals surface area contributed by atoms with Crippen molar-refractivity contribution in [3.05, 3.63) is 63.6 Å². The van der Waals surface area contributed by atoms with Gasteiger partial charge in [-0.15, -0.1) is 0 Å². The molecule has 21 heavy (non-hydrogen) atoms. The molecule has 4 heteroatoms. The van der Waals surface area contributed by atoms with Gasteiger partial charge in [0, 0.05) is 28.8 Å². The Morgan fingerprint density at radius 3 is 2.81 bits per heavy atom. The molecule has 1 aliphatic rings. The van der Waals surface area contributed by atoms with E-state index in [4.69, 9.17) is 5.73 Å². The topological polar surface area (TPSA) is 46.3 Å². The zero-order chi connectivity index (χ0) is 14.8. The lowest BCUT2D eigenvalue weighted by atomic mass is 10.0. The van der Waals surface area contributed by atoms with Gasteiger partial charge in [-0.25, -0.2) is 0 Å². The Bertz CT molecular complexity index is 684. The molecule has 3 nitrogen and oxygen atoms in total. The second-order valence-corrected chi connectivity index (χ2v) is 6.25. The van der Waals surface area contributed by atoms with E-state index in [9.17, 15) is 4.79 Å². The van der Waals surface area contributed by atoms with Crippen LogP contribution in [0.5, 0.6) is 0 Å². The van der Waals surface area contributed by atoms with Crippen molar-refractivity contribution in [2.75, 3.05) is 12.3 Å². The number of hydrogen-bond donors (Lipinski definition) is 1. The quantitative estimate of drug-likeness (QED) is 0.845. The Balaban J connectivity index is 1.87. The van der Waals surface area contributed by atoms with Crippen LogP contribution in [0.2, 0.25) is 0 Å². The molecule has 3 rings (SSSR count). The number of anilines is 1. The van der Waals surface area contributed by atoms with Crippen LogP contribution >= 0.6 is 15.9 Å². The van der Waals surface area contributed by atoms with Crippen LogP contribution in [0.25, 0.3) is 0 Å². The Kier molecular flexibility index (Phi) is 3.97. The van der Waals surface area contributed by atoms with E-state index >= 15 is 0 Å². The Morgan fingerprint density at radius 2 is 2.00 bits per heavy atom. The molecule has 0 spiro atoms. The van der Waals surface area contributed by atoms with Crippen LogP contribution in [0.1, 0.15) is 27.9 Å². The predicted molar refractivity (Wildman–Crippen MR) is 88.1 cm³/mol. The van der Waals surface area contributed by atoms with E-state index in [1.165, 1.54) is 0 Å². The first-order valence-corrected chi connectivity index (χ1v) is 7.85. The third-order valence-corrected chi connectivity index (χ3v) is 4.37. The van der Waals surface area contributed by atoms with E-state index in [1.807, 2.05) is 47.4 Å². The van der Waals surface area contributed by atoms with Crippen molar-refractivity contribution in [1.29, 1.82) is 0 Å². The van der Waals surface area contributed by atoms with Crippen LogP contribution in [0, 0.1) is 0 Å². The maximum Gasteiger partial charge on any atom is 0.254 e. The second kappa shape index (κ2) is 5.90. The maximum atomic E-state index is 12.7. The van der Waals surface area contributed by atoms with Gasteiger partial charge in [-0.2, -0.15) is 0 Å². The largest absolute Gasteiger partial charge is 0.398 e. The van der Waals surface area contributed by atoms with Crippen LogP contribution in [-0.2, 0) is 13.0 Å². The molecular weight excluding hydrogens is 328 g/mol. The summed E-state index contributed by atoms with van der Waals surface area (Å²) in [4.78, 5) is 14.6. The molecule has 0 unspecified atom stereocenters. The summed E-state index contributed by atoms with van der Waals surface area (Å²) >= 11 is 3.41. The number of carbonyl (C=O) groups excluding carboxylic acids is 1. The van der Waals surface area contributed by atoms with E-state index in [1.54, 1.807) is 0 Å². The van der Waals surface area contributed by atoms with Crippen molar-refractivity contribution in [2.45, 2.75) is 19.4 Å². The first-order chi connectivity index (χ1) is 10.1. The van der Waals surface area contributed by atoms with Crippen molar-refractivity contribution in [2.24, 2.45) is 0 Å². The lowest BCUT2D eigenvalue weighted by Crippen LogP contribution is -2.30. The summed E-state index contributed by atoms with van der Waals surface area (Å²) < 4.78 is 0.955. The van der Waals surface area contributed by atoms with Crippen molar-refractivity contribution in [3.63, 3.8) is 0 Å². The molecule has 0 fully saturated rings. The molecule has 2 aromatic carbocycles. The molecule has 2 N–H and O–H groups in total. The number of nitrogens with zero attached hydrogens (tertiary/aromatic N) is 1. The van der Waals surface area contributed by atoms with Crippen molar-refractivity contribution in [1.82, 2.24) is 4.90 Å². The molecule has 0 radical (unpaired) electrons. The van der Waals surface area contributed by atoms with Crippen molar-refractivity contribution >= 4 is 27.5 Å². The molecule has 0 aliphatic carbocycles. The normalized spacial score (nSPS) is 14.7. The number of nitrogens with two attached hydrogens (primary N) is 1. The minimum atomic E-state index is 0.102. The fourth-order valence-electron chi connectivity index (χ4n) is 2.75. The SMILES string of the molecule is Nc1cc(Br)ccc1CN1CCCc2ccccc2C1=O. The number of rotatable bonds is 2. The minimum absolute atomic E-state index is 0.102. The number of nitrogen functional groups attached to an aromatic ring is 1. The number of hydrogen-bond acceptors (Lipinski definition) is 2. The molecule has 108 valence electrons. The van der Waals surface area contributed by atoms with Gasteiger partial charge < -0.3 is 10.6 Å². The summed E-state index contributed by atoms with van der Waals surface area (Å²) in [5.41, 5.74) is 9.73. The number of fused-ring (bicyclic) bond motifs is 1. The molecule has 0 saturated carbocycles. The summed E-state index contributed by atoms with van der Waals surface area (Å²) in [7, 11) is 0. The molecule has 1 amide bonds. The zero-order valence-corrected chi connectivity index (χ0v) is 13.3. The number of benzene rings is 2. The molecule has 0 bridgehead atoms. The summed E-state index contributed by atoms with van der Waals surface area (Å²) in [5, 5.41) is 0. The first kappa shape index (κ1) is 14.1. The zero-order valence-electron chi connectivity index (χ0n) is 11.7. The summed E-state index contributed by atoms with van der Waals surface area (Å²) in [6.45, 7) is 1.33. The highest BCUT2D eigenvalue weighted by molar-refractivity contribution is 9.10. The van der Waals surface area contributed by atoms with Crippen LogP contribution in [0.3, 0.4) is 0 Å². The van der Waals surface area contributed by atoms with Gasteiger partial charge in [0.05, 0.1) is 0 Å². The molecule has 0 aromatic heterocycles. The van der Waals surface area contributed by atoms with Gasteiger partial charge in [-0.1, -0.05) is 40.2 Å². The third-order valence-electron chi connectivity index (χ3n) is 3.88. The first-order valence-electron chi connectivity index (χ1n) is 7.06. The number of amides is 1. The van der Waals surface area contributed by atoms with Gasteiger partial charge in [-0.3, -0.25) is 4.79 Å². The predicted octanol–water partition coefficient (Wildman–Crippen LogP) is 3.62. The highest BCUT2D eigenvalue weighted by Crippen LogP contribution is 2.23. The Labute approximate surface area is 132 Å². The number of aryl methyl sites for hydroxylation is 1. The highest BCUT2D eigenvalue weighted by atomic mass is 79.9. The average molecular weight is 345 g/mol. The monoisotopic (exact) mass is 344 g/mol. The molecule has 1 heterocycles. The van der Waals surface area contributed by atoms with E-state index in [2.05, 4.69) is 15.9 Å². The van der Waals surface area contributed by atoms with Crippen LogP contribution < -0.4 is 5.73 Å². The molecule has 0 atom stereocenters. The van der Waals surface area contributed by atoms with Crippen LogP contribution in [0.15, 0.2) is 46.9 Å². The second-order valence-electron chi connectivity index (χ2n) is 5.33. The number of carbonyl (C=O) groups is 1. The highest BCUT2D eigenvalue weighted by Gasteiger charge is 2.22. The third kappa shape index (κ3) is 2.95. The maximum absolute atomic E-state index is 12.7. The summed E-state index contributed by atoms with van der Waals surface area (Å²) in [5.74, 6) is 0.102. The number of halogens is 1. The van der Waals surface area contributed by atoms with Gasteiger partial charge >= 0.3 is 0 Å². The van der Waals surface area contributed by atoms with E-state index in [0.717, 1.165) is 46.2 Å². The average Bonchev–Trinajstić information content (AvgIpc) is 2.63. The van der Waals surface area contributed by atoms with Gasteiger partial charge in [0.25, 0.3) is 5.91 Å². The molecule has 2 aromatic rings. The Morgan fingerprint density at radius 1 is 1.19 bits per heavy atom. The lowest BCUT2D eigenvalue weighted by Gasteiger charge is -2.22. The van der Waals surface area contributed by atoms with Crippen LogP contribution in [0.4, 0.5) is 5.69 Å². The molecule has 1 aliphatic heterocycles. The van der Waals surface area contributed by atoms with E-state index < -0.39 is 0 Å². The minimum Gasteiger partial charge on any atom is -0.398 e. The van der Waals surface area contributed by atoms with E-state index in [-0.39, 0.29) is 5.91 Å². The van der Waals surface area contributed by atoms with Gasteiger partial charge in [0.2, 0.25) is 0 Å². The van der Waals surface area contributed by atoms with Crippen LogP contribution in [-0.4, -0.2) is 17.4 Å². The van der Waals surface area contributed by atoms with Crippen molar-refractivity contribution in [3.8, 4) is 0 Å². The molecule has 0 saturated heterocycles. The fraction of sp³-hybridized carbons (Fsp3) is 0.235. The Hall–Kier alpha value is -1.81. The standard InChI is InChI=1S/C17H17BrN2O/c18-14-8-7-13(16(19)10-14)11-20-9-3-5-12-4-1-2-6-15(12)17(20)21/h1-2,4,6-8,10H,3,5,9,11,19H2. The molecular formula is C17H17BrN2O. The lowest BCUT2D eigenvalue weighted by molar-refractivity contribution is 0.0749. The van der Waals surface area contributed by atoms with Gasteiger partial charge in [-0.05, 0) is 42.2 Å². The van der Waals surface area contributed by atoms with Gasteiger partial charge in [0.1, 0.15) is 0 Å². The fourth-order valence-corrected chi connectivity index (χ4v) is 3.12. The van der Waals surface area contributed by atoms with Crippen molar-refractivity contribution < 1.29 is 4.79 Å². The van der Waals surface area contributed by atoms with E-state index in [0.29, 0.717) is 6.54 Å². The smallest absolute Gasteiger partial charge is 0.254 e. The summed E-state index contributed by atoms with van der Waals surface area (Å²) in [6.07, 6.45) is 1.94.